The van der Waals surface area contributed by atoms with Crippen molar-refractivity contribution in [3.8, 4) is 11.8 Å². The van der Waals surface area contributed by atoms with Crippen LogP contribution in [0.25, 0.3) is 0 Å². The van der Waals surface area contributed by atoms with Crippen LogP contribution in [0.1, 0.15) is 45.9 Å². The molecule has 1 amide bonds. The van der Waals surface area contributed by atoms with Gasteiger partial charge < -0.3 is 9.15 Å². The second-order valence-corrected chi connectivity index (χ2v) is 4.82. The van der Waals surface area contributed by atoms with Gasteiger partial charge in [-0.25, -0.2) is 0 Å². The van der Waals surface area contributed by atoms with Gasteiger partial charge in [-0.3, -0.25) is 14.9 Å². The SMILES string of the molecule is CCOc1ccc(C(=O)Nc2oc(C)c(C(C)=O)c2C#N)cc1. The summed E-state index contributed by atoms with van der Waals surface area (Å²) < 4.78 is 10.7. The molecule has 0 saturated carbocycles. The van der Waals surface area contributed by atoms with Gasteiger partial charge in [-0.1, -0.05) is 0 Å². The first-order chi connectivity index (χ1) is 11.0. The fourth-order valence-corrected chi connectivity index (χ4v) is 2.21. The molecule has 6 nitrogen and oxygen atoms in total. The third kappa shape index (κ3) is 3.40. The van der Waals surface area contributed by atoms with Crippen LogP contribution in [-0.4, -0.2) is 18.3 Å². The van der Waals surface area contributed by atoms with Gasteiger partial charge in [0.1, 0.15) is 23.1 Å². The van der Waals surface area contributed by atoms with E-state index >= 15 is 0 Å². The average molecular weight is 312 g/mol. The van der Waals surface area contributed by atoms with Gasteiger partial charge in [-0.15, -0.1) is 0 Å². The maximum atomic E-state index is 12.2. The lowest BCUT2D eigenvalue weighted by Crippen LogP contribution is -2.12. The van der Waals surface area contributed by atoms with E-state index in [9.17, 15) is 14.9 Å². The van der Waals surface area contributed by atoms with Gasteiger partial charge >= 0.3 is 0 Å². The highest BCUT2D eigenvalue weighted by molar-refractivity contribution is 6.06. The minimum atomic E-state index is -0.437. The van der Waals surface area contributed by atoms with E-state index < -0.39 is 5.91 Å². The Bertz CT molecular complexity index is 782. The van der Waals surface area contributed by atoms with Gasteiger partial charge in [-0.05, 0) is 45.0 Å². The lowest BCUT2D eigenvalue weighted by molar-refractivity contribution is 0.101. The second kappa shape index (κ2) is 6.79. The van der Waals surface area contributed by atoms with Crippen LogP contribution in [0.4, 0.5) is 5.88 Å². The number of nitriles is 1. The molecule has 0 aliphatic heterocycles. The number of rotatable bonds is 5. The number of Topliss-reactive ketones (excluding diaryl/α,β-unsaturated/α-hetero) is 1. The number of ether oxygens (including phenoxy) is 1. The Morgan fingerprint density at radius 1 is 1.30 bits per heavy atom. The van der Waals surface area contributed by atoms with Crippen molar-refractivity contribution in [2.24, 2.45) is 0 Å². The van der Waals surface area contributed by atoms with Crippen LogP contribution in [-0.2, 0) is 0 Å². The number of aryl methyl sites for hydroxylation is 1. The zero-order valence-electron chi connectivity index (χ0n) is 13.1. The number of amides is 1. The molecule has 0 aliphatic rings. The molecule has 0 fully saturated rings. The van der Waals surface area contributed by atoms with Crippen molar-refractivity contribution >= 4 is 17.6 Å². The summed E-state index contributed by atoms with van der Waals surface area (Å²) in [5.74, 6) is 0.220. The van der Waals surface area contributed by atoms with Gasteiger partial charge in [0.05, 0.1) is 12.2 Å². The average Bonchev–Trinajstić information content (AvgIpc) is 2.83. The predicted molar refractivity (Wildman–Crippen MR) is 83.7 cm³/mol. The van der Waals surface area contributed by atoms with Gasteiger partial charge in [0.2, 0.25) is 5.88 Å². The molecule has 0 radical (unpaired) electrons. The molecule has 118 valence electrons. The number of carbonyl (C=O) groups excluding carboxylic acids is 2. The fraction of sp³-hybridized carbons (Fsp3) is 0.235. The number of hydrogen-bond donors (Lipinski definition) is 1. The molecule has 1 heterocycles. The number of benzene rings is 1. The van der Waals surface area contributed by atoms with Gasteiger partial charge in [0, 0.05) is 5.56 Å². The van der Waals surface area contributed by atoms with E-state index in [1.807, 2.05) is 13.0 Å². The van der Waals surface area contributed by atoms with E-state index in [1.165, 1.54) is 6.92 Å². The summed E-state index contributed by atoms with van der Waals surface area (Å²) in [6, 6.07) is 8.47. The molecule has 0 saturated heterocycles. The van der Waals surface area contributed by atoms with E-state index in [4.69, 9.17) is 9.15 Å². The van der Waals surface area contributed by atoms with Crippen LogP contribution in [0.2, 0.25) is 0 Å². The maximum absolute atomic E-state index is 12.2. The van der Waals surface area contributed by atoms with Crippen molar-refractivity contribution in [3.05, 3.63) is 46.7 Å². The number of hydrogen-bond acceptors (Lipinski definition) is 5. The van der Waals surface area contributed by atoms with E-state index in [-0.39, 0.29) is 22.8 Å². The molecule has 0 bridgehead atoms. The van der Waals surface area contributed by atoms with Crippen LogP contribution in [0.3, 0.4) is 0 Å². The van der Waals surface area contributed by atoms with E-state index in [0.29, 0.717) is 23.7 Å². The topological polar surface area (TPSA) is 92.3 Å². The molecule has 0 atom stereocenters. The molecule has 1 aromatic heterocycles. The molecular weight excluding hydrogens is 296 g/mol. The summed E-state index contributed by atoms with van der Waals surface area (Å²) in [6.07, 6.45) is 0. The molecule has 0 spiro atoms. The molecular formula is C17H16N2O4. The maximum Gasteiger partial charge on any atom is 0.258 e. The van der Waals surface area contributed by atoms with Crippen LogP contribution < -0.4 is 10.1 Å². The first-order valence-electron chi connectivity index (χ1n) is 7.06. The summed E-state index contributed by atoms with van der Waals surface area (Å²) in [7, 11) is 0. The Kier molecular flexibility index (Phi) is 4.82. The van der Waals surface area contributed by atoms with Crippen molar-refractivity contribution in [1.82, 2.24) is 0 Å². The lowest BCUT2D eigenvalue weighted by atomic mass is 10.1. The molecule has 0 aliphatic carbocycles. The van der Waals surface area contributed by atoms with Crippen molar-refractivity contribution in [2.45, 2.75) is 20.8 Å². The molecule has 1 N–H and O–H groups in total. The lowest BCUT2D eigenvalue weighted by Gasteiger charge is -2.05. The number of carbonyl (C=O) groups is 2. The summed E-state index contributed by atoms with van der Waals surface area (Å²) in [5, 5.41) is 11.7. The Hall–Kier alpha value is -3.07. The third-order valence-electron chi connectivity index (χ3n) is 3.20. The number of nitrogens with zero attached hydrogens (tertiary/aromatic N) is 1. The van der Waals surface area contributed by atoms with Crippen LogP contribution in [0.15, 0.2) is 28.7 Å². The first kappa shape index (κ1) is 16.3. The zero-order valence-corrected chi connectivity index (χ0v) is 13.1. The Morgan fingerprint density at radius 2 is 1.96 bits per heavy atom. The van der Waals surface area contributed by atoms with Crippen LogP contribution in [0.5, 0.6) is 5.75 Å². The minimum absolute atomic E-state index is 0.0194. The summed E-state index contributed by atoms with van der Waals surface area (Å²) in [6.45, 7) is 5.33. The number of furan rings is 1. The smallest absolute Gasteiger partial charge is 0.258 e. The highest BCUT2D eigenvalue weighted by Crippen LogP contribution is 2.27. The summed E-state index contributed by atoms with van der Waals surface area (Å²) in [4.78, 5) is 23.8. The zero-order chi connectivity index (χ0) is 17.0. The summed E-state index contributed by atoms with van der Waals surface area (Å²) in [5.41, 5.74) is 0.611. The van der Waals surface area contributed by atoms with Crippen LogP contribution in [0, 0.1) is 18.3 Å². The fourth-order valence-electron chi connectivity index (χ4n) is 2.21. The predicted octanol–water partition coefficient (Wildman–Crippen LogP) is 3.31. The molecule has 2 rings (SSSR count). The van der Waals surface area contributed by atoms with Crippen molar-refractivity contribution in [2.75, 3.05) is 11.9 Å². The Balaban J connectivity index is 2.25. The number of nitrogens with one attached hydrogen (secondary N) is 1. The van der Waals surface area contributed by atoms with Gasteiger partial charge in [-0.2, -0.15) is 5.26 Å². The Morgan fingerprint density at radius 3 is 2.48 bits per heavy atom. The minimum Gasteiger partial charge on any atom is -0.494 e. The van der Waals surface area contributed by atoms with Crippen molar-refractivity contribution in [3.63, 3.8) is 0 Å². The standard InChI is InChI=1S/C17H16N2O4/c1-4-22-13-7-5-12(6-8-13)16(21)19-17-14(9-18)15(10(2)20)11(3)23-17/h5-8H,4H2,1-3H3,(H,19,21). The van der Waals surface area contributed by atoms with E-state index in [0.717, 1.165) is 0 Å². The quantitative estimate of drug-likeness (QED) is 0.855. The monoisotopic (exact) mass is 312 g/mol. The normalized spacial score (nSPS) is 10.0. The van der Waals surface area contributed by atoms with E-state index in [1.54, 1.807) is 31.2 Å². The highest BCUT2D eigenvalue weighted by Gasteiger charge is 2.22. The molecule has 23 heavy (non-hydrogen) atoms. The first-order valence-corrected chi connectivity index (χ1v) is 7.06. The second-order valence-electron chi connectivity index (χ2n) is 4.82. The molecule has 6 heteroatoms. The largest absolute Gasteiger partial charge is 0.494 e. The Labute approximate surface area is 133 Å². The number of ketones is 1. The van der Waals surface area contributed by atoms with Gasteiger partial charge in [0.25, 0.3) is 5.91 Å². The van der Waals surface area contributed by atoms with Gasteiger partial charge in [0.15, 0.2) is 5.78 Å². The molecule has 1 aromatic carbocycles. The molecule has 0 unspecified atom stereocenters. The van der Waals surface area contributed by atoms with Crippen molar-refractivity contribution in [1.29, 1.82) is 5.26 Å². The van der Waals surface area contributed by atoms with Crippen molar-refractivity contribution < 1.29 is 18.7 Å². The highest BCUT2D eigenvalue weighted by atomic mass is 16.5. The third-order valence-corrected chi connectivity index (χ3v) is 3.20. The summed E-state index contributed by atoms with van der Waals surface area (Å²) >= 11 is 0. The molecule has 2 aromatic rings. The number of anilines is 1. The van der Waals surface area contributed by atoms with Crippen LogP contribution >= 0.6 is 0 Å². The van der Waals surface area contributed by atoms with E-state index in [2.05, 4.69) is 5.32 Å².